The molecule has 0 unspecified atom stereocenters. The summed E-state index contributed by atoms with van der Waals surface area (Å²) in [6.45, 7) is 0.949. The van der Waals surface area contributed by atoms with Gasteiger partial charge < -0.3 is 15.2 Å². The zero-order valence-electron chi connectivity index (χ0n) is 9.27. The zero-order valence-corrected chi connectivity index (χ0v) is 9.27. The van der Waals surface area contributed by atoms with Crippen LogP contribution in [0.15, 0.2) is 12.2 Å². The molecule has 5 heteroatoms. The van der Waals surface area contributed by atoms with Crippen molar-refractivity contribution in [2.75, 3.05) is 26.1 Å². The maximum Gasteiger partial charge on any atom is 0.318 e. The molecule has 0 fully saturated rings. The highest BCUT2D eigenvalue weighted by atomic mass is 16.5. The summed E-state index contributed by atoms with van der Waals surface area (Å²) in [5.41, 5.74) is 7.83. The topological polar surface area (TPSA) is 70.3 Å². The normalized spacial score (nSPS) is 13.6. The SMILES string of the molecule is COCCOc1nc(N)c2c(n1)CC=CC2. The van der Waals surface area contributed by atoms with Crippen molar-refractivity contribution in [1.29, 1.82) is 0 Å². The first-order valence-corrected chi connectivity index (χ1v) is 5.23. The van der Waals surface area contributed by atoms with Gasteiger partial charge in [0.15, 0.2) is 0 Å². The van der Waals surface area contributed by atoms with Crippen molar-refractivity contribution in [3.05, 3.63) is 23.4 Å². The van der Waals surface area contributed by atoms with E-state index in [1.54, 1.807) is 7.11 Å². The Labute approximate surface area is 94.3 Å². The van der Waals surface area contributed by atoms with E-state index in [1.807, 2.05) is 0 Å². The van der Waals surface area contributed by atoms with Crippen molar-refractivity contribution < 1.29 is 9.47 Å². The van der Waals surface area contributed by atoms with E-state index in [-0.39, 0.29) is 0 Å². The Kier molecular flexibility index (Phi) is 3.36. The quantitative estimate of drug-likeness (QED) is 0.599. The number of aromatic nitrogens is 2. The van der Waals surface area contributed by atoms with E-state index in [2.05, 4.69) is 22.1 Å². The van der Waals surface area contributed by atoms with Gasteiger partial charge in [-0.25, -0.2) is 0 Å². The molecule has 0 atom stereocenters. The molecule has 1 aromatic rings. The Morgan fingerprint density at radius 2 is 2.06 bits per heavy atom. The first-order valence-electron chi connectivity index (χ1n) is 5.23. The molecule has 0 aromatic carbocycles. The summed E-state index contributed by atoms with van der Waals surface area (Å²) in [6.07, 6.45) is 5.75. The van der Waals surface area contributed by atoms with Crippen LogP contribution in [0.25, 0.3) is 0 Å². The Balaban J connectivity index is 2.14. The predicted molar refractivity (Wildman–Crippen MR) is 60.4 cm³/mol. The fraction of sp³-hybridized carbons (Fsp3) is 0.455. The van der Waals surface area contributed by atoms with Crippen LogP contribution >= 0.6 is 0 Å². The number of hydrogen-bond acceptors (Lipinski definition) is 5. The van der Waals surface area contributed by atoms with Gasteiger partial charge in [0.2, 0.25) is 0 Å². The summed E-state index contributed by atoms with van der Waals surface area (Å²) in [4.78, 5) is 8.44. The molecule has 5 nitrogen and oxygen atoms in total. The average molecular weight is 221 g/mol. The van der Waals surface area contributed by atoms with Crippen LogP contribution in [-0.2, 0) is 17.6 Å². The number of anilines is 1. The maximum absolute atomic E-state index is 5.85. The lowest BCUT2D eigenvalue weighted by molar-refractivity contribution is 0.140. The van der Waals surface area contributed by atoms with Crippen LogP contribution in [0.5, 0.6) is 6.01 Å². The minimum Gasteiger partial charge on any atom is -0.461 e. The first-order chi connectivity index (χ1) is 7.81. The van der Waals surface area contributed by atoms with Crippen molar-refractivity contribution >= 4 is 5.82 Å². The Morgan fingerprint density at radius 1 is 1.25 bits per heavy atom. The highest BCUT2D eigenvalue weighted by molar-refractivity contribution is 5.46. The molecule has 2 N–H and O–H groups in total. The molecule has 0 bridgehead atoms. The number of allylic oxidation sites excluding steroid dienone is 2. The smallest absolute Gasteiger partial charge is 0.318 e. The minimum absolute atomic E-state index is 0.337. The Bertz CT molecular complexity index is 404. The number of nitrogens with zero attached hydrogens (tertiary/aromatic N) is 2. The van der Waals surface area contributed by atoms with E-state index in [0.29, 0.717) is 25.0 Å². The number of fused-ring (bicyclic) bond motifs is 1. The lowest BCUT2D eigenvalue weighted by Gasteiger charge is -2.13. The summed E-state index contributed by atoms with van der Waals surface area (Å²) in [7, 11) is 1.62. The largest absolute Gasteiger partial charge is 0.461 e. The number of hydrogen-bond donors (Lipinski definition) is 1. The number of methoxy groups -OCH3 is 1. The highest BCUT2D eigenvalue weighted by Crippen LogP contribution is 2.21. The summed E-state index contributed by atoms with van der Waals surface area (Å²) >= 11 is 0. The zero-order chi connectivity index (χ0) is 11.4. The molecule has 0 spiro atoms. The molecule has 1 aliphatic carbocycles. The molecule has 0 radical (unpaired) electrons. The lowest BCUT2D eigenvalue weighted by Crippen LogP contribution is -2.12. The summed E-state index contributed by atoms with van der Waals surface area (Å²) < 4.78 is 10.2. The maximum atomic E-state index is 5.85. The third-order valence-electron chi connectivity index (χ3n) is 2.42. The van der Waals surface area contributed by atoms with Gasteiger partial charge in [0.05, 0.1) is 12.3 Å². The van der Waals surface area contributed by atoms with Crippen molar-refractivity contribution in [1.82, 2.24) is 9.97 Å². The molecule has 1 aromatic heterocycles. The number of rotatable bonds is 4. The molecular weight excluding hydrogens is 206 g/mol. The monoisotopic (exact) mass is 221 g/mol. The van der Waals surface area contributed by atoms with Gasteiger partial charge >= 0.3 is 6.01 Å². The van der Waals surface area contributed by atoms with Crippen LogP contribution in [0, 0.1) is 0 Å². The van der Waals surface area contributed by atoms with E-state index in [4.69, 9.17) is 15.2 Å². The second-order valence-corrected chi connectivity index (χ2v) is 3.54. The van der Waals surface area contributed by atoms with E-state index < -0.39 is 0 Å². The first kappa shape index (κ1) is 10.9. The second-order valence-electron chi connectivity index (χ2n) is 3.54. The number of nitrogen functional groups attached to an aromatic ring is 1. The Hall–Kier alpha value is -1.62. The number of nitrogens with two attached hydrogens (primary N) is 1. The standard InChI is InChI=1S/C11H15N3O2/c1-15-6-7-16-11-13-9-5-3-2-4-8(9)10(12)14-11/h2-3H,4-7H2,1H3,(H2,12,13,14). The third kappa shape index (κ3) is 2.30. The van der Waals surface area contributed by atoms with Crippen molar-refractivity contribution in [2.24, 2.45) is 0 Å². The van der Waals surface area contributed by atoms with Gasteiger partial charge in [-0.1, -0.05) is 12.2 Å². The fourth-order valence-corrected chi connectivity index (χ4v) is 1.59. The Morgan fingerprint density at radius 3 is 2.88 bits per heavy atom. The molecule has 1 heterocycles. The molecule has 0 saturated heterocycles. The molecule has 0 amide bonds. The fourth-order valence-electron chi connectivity index (χ4n) is 1.59. The predicted octanol–water partition coefficient (Wildman–Crippen LogP) is 0.739. The van der Waals surface area contributed by atoms with Crippen LogP contribution in [-0.4, -0.2) is 30.3 Å². The molecule has 1 aliphatic rings. The van der Waals surface area contributed by atoms with Gasteiger partial charge in [0.25, 0.3) is 0 Å². The summed E-state index contributed by atoms with van der Waals surface area (Å²) in [5, 5.41) is 0. The van der Waals surface area contributed by atoms with Crippen LogP contribution < -0.4 is 10.5 Å². The molecule has 0 aliphatic heterocycles. The van der Waals surface area contributed by atoms with Gasteiger partial charge in [0.1, 0.15) is 12.4 Å². The molecule has 16 heavy (non-hydrogen) atoms. The van der Waals surface area contributed by atoms with Crippen LogP contribution in [0.1, 0.15) is 11.3 Å². The number of ether oxygens (including phenoxy) is 2. The molecule has 0 saturated carbocycles. The van der Waals surface area contributed by atoms with Crippen LogP contribution in [0.3, 0.4) is 0 Å². The minimum atomic E-state index is 0.337. The van der Waals surface area contributed by atoms with Crippen molar-refractivity contribution in [3.63, 3.8) is 0 Å². The van der Waals surface area contributed by atoms with E-state index in [0.717, 1.165) is 24.1 Å². The second kappa shape index (κ2) is 4.94. The van der Waals surface area contributed by atoms with Gasteiger partial charge in [-0.2, -0.15) is 9.97 Å². The van der Waals surface area contributed by atoms with Crippen LogP contribution in [0.4, 0.5) is 5.82 Å². The van der Waals surface area contributed by atoms with Crippen LogP contribution in [0.2, 0.25) is 0 Å². The van der Waals surface area contributed by atoms with Gasteiger partial charge in [-0.15, -0.1) is 0 Å². The lowest BCUT2D eigenvalue weighted by atomic mass is 10.0. The van der Waals surface area contributed by atoms with Crippen molar-refractivity contribution in [2.45, 2.75) is 12.8 Å². The average Bonchev–Trinajstić information content (AvgIpc) is 2.30. The van der Waals surface area contributed by atoms with Crippen molar-refractivity contribution in [3.8, 4) is 6.01 Å². The van der Waals surface area contributed by atoms with E-state index in [9.17, 15) is 0 Å². The van der Waals surface area contributed by atoms with E-state index >= 15 is 0 Å². The van der Waals surface area contributed by atoms with Gasteiger partial charge in [-0.05, 0) is 6.42 Å². The van der Waals surface area contributed by atoms with Gasteiger partial charge in [-0.3, -0.25) is 0 Å². The summed E-state index contributed by atoms with van der Waals surface area (Å²) in [5.74, 6) is 0.516. The molecular formula is C11H15N3O2. The third-order valence-corrected chi connectivity index (χ3v) is 2.42. The van der Waals surface area contributed by atoms with Gasteiger partial charge in [0, 0.05) is 19.1 Å². The summed E-state index contributed by atoms with van der Waals surface area (Å²) in [6, 6.07) is 0.337. The molecule has 2 rings (SSSR count). The van der Waals surface area contributed by atoms with E-state index in [1.165, 1.54) is 0 Å². The molecule has 86 valence electrons. The highest BCUT2D eigenvalue weighted by Gasteiger charge is 2.13.